The van der Waals surface area contributed by atoms with Gasteiger partial charge in [-0.25, -0.2) is 0 Å². The lowest BCUT2D eigenvalue weighted by Gasteiger charge is -2.47. The number of esters is 1. The minimum atomic E-state index is -1.12. The number of nitrogens with one attached hydrogen (secondary N) is 1. The van der Waals surface area contributed by atoms with Crippen LogP contribution in [0.5, 0.6) is 0 Å². The lowest BCUT2D eigenvalue weighted by Crippen LogP contribution is -2.57. The first-order chi connectivity index (χ1) is 19.3. The van der Waals surface area contributed by atoms with E-state index in [0.29, 0.717) is 31.9 Å². The van der Waals surface area contributed by atoms with Crippen LogP contribution in [-0.2, 0) is 23.8 Å². The molecule has 3 aliphatic heterocycles. The fourth-order valence-electron chi connectivity index (χ4n) is 5.62. The Kier molecular flexibility index (Phi) is 15.5. The van der Waals surface area contributed by atoms with Gasteiger partial charge in [-0.15, -0.1) is 0 Å². The molecular formula is C30H58N4O6S. The highest BCUT2D eigenvalue weighted by Crippen LogP contribution is 2.33. The number of methoxy groups -OCH3 is 1. The lowest BCUT2D eigenvalue weighted by molar-refractivity contribution is -0.163. The molecule has 0 radical (unpaired) electrons. The van der Waals surface area contributed by atoms with Crippen molar-refractivity contribution in [2.24, 2.45) is 11.1 Å². The van der Waals surface area contributed by atoms with Crippen LogP contribution < -0.4 is 11.1 Å². The van der Waals surface area contributed by atoms with Crippen LogP contribution in [0.2, 0.25) is 0 Å². The number of carbonyl (C=O) groups excluding carboxylic acids is 2. The summed E-state index contributed by atoms with van der Waals surface area (Å²) in [5.41, 5.74) is 4.27. The number of hydrogen-bond donors (Lipinski definition) is 3. The van der Waals surface area contributed by atoms with Crippen LogP contribution in [0.4, 0.5) is 0 Å². The van der Waals surface area contributed by atoms with Crippen molar-refractivity contribution in [3.63, 3.8) is 0 Å². The number of cyclic esters (lactones) is 1. The quantitative estimate of drug-likeness (QED) is 0.180. The number of nitrogens with two attached hydrogens (primary N) is 1. The van der Waals surface area contributed by atoms with Gasteiger partial charge in [0.05, 0.1) is 17.7 Å². The molecule has 4 atom stereocenters. The van der Waals surface area contributed by atoms with E-state index < -0.39 is 17.7 Å². The number of likely N-dealkylation sites (N-methyl/N-ethyl adjacent to an activating group) is 1. The first-order valence-corrected chi connectivity index (χ1v) is 16.4. The molecule has 0 aromatic carbocycles. The topological polar surface area (TPSA) is 127 Å². The molecular weight excluding hydrogens is 544 g/mol. The molecule has 0 amide bonds. The zero-order valence-electron chi connectivity index (χ0n) is 26.7. The normalized spacial score (nSPS) is 30.5. The van der Waals surface area contributed by atoms with Gasteiger partial charge < -0.3 is 30.4 Å². The molecule has 4 unspecified atom stereocenters. The summed E-state index contributed by atoms with van der Waals surface area (Å²) in [6.07, 6.45) is 5.78. The van der Waals surface area contributed by atoms with E-state index in [0.717, 1.165) is 64.0 Å². The Morgan fingerprint density at radius 1 is 1.17 bits per heavy atom. The van der Waals surface area contributed by atoms with Crippen LogP contribution in [-0.4, -0.2) is 115 Å². The maximum atomic E-state index is 12.9. The maximum absolute atomic E-state index is 12.9. The summed E-state index contributed by atoms with van der Waals surface area (Å²) in [6, 6.07) is 0.626. The number of hydrogen-bond acceptors (Lipinski definition) is 11. The molecule has 0 aromatic rings. The van der Waals surface area contributed by atoms with Gasteiger partial charge in [0, 0.05) is 57.4 Å². The molecule has 3 saturated heterocycles. The molecule has 3 aliphatic rings. The number of ketones is 1. The van der Waals surface area contributed by atoms with Gasteiger partial charge in [0.2, 0.25) is 0 Å². The summed E-state index contributed by atoms with van der Waals surface area (Å²) < 4.78 is 18.9. The number of Topliss-reactive ketones (excluding diaryl/α,β-unsaturated/α-hetero) is 1. The number of ether oxygens (including phenoxy) is 3. The summed E-state index contributed by atoms with van der Waals surface area (Å²) in [5, 5.41) is 12.4. The predicted octanol–water partition coefficient (Wildman–Crippen LogP) is 2.96. The smallest absolute Gasteiger partial charge is 0.319 e. The molecule has 0 saturated carbocycles. The minimum Gasteiger partial charge on any atom is -0.463 e. The van der Waals surface area contributed by atoms with Gasteiger partial charge in [-0.05, 0) is 72.9 Å². The monoisotopic (exact) mass is 602 g/mol. The van der Waals surface area contributed by atoms with Gasteiger partial charge in [-0.3, -0.25) is 18.8 Å². The van der Waals surface area contributed by atoms with Crippen molar-refractivity contribution in [1.29, 1.82) is 0 Å². The highest BCUT2D eigenvalue weighted by Gasteiger charge is 2.43. The third-order valence-electron chi connectivity index (χ3n) is 8.65. The average molecular weight is 603 g/mol. The van der Waals surface area contributed by atoms with Crippen LogP contribution in [0.15, 0.2) is 0 Å². The van der Waals surface area contributed by atoms with Gasteiger partial charge in [-0.2, -0.15) is 0 Å². The van der Waals surface area contributed by atoms with E-state index >= 15 is 0 Å². The molecule has 0 aliphatic carbocycles. The van der Waals surface area contributed by atoms with Crippen molar-refractivity contribution in [3.8, 4) is 0 Å². The Morgan fingerprint density at radius 3 is 2.44 bits per heavy atom. The van der Waals surface area contributed by atoms with Crippen LogP contribution in [0.3, 0.4) is 0 Å². The maximum Gasteiger partial charge on any atom is 0.319 e. The summed E-state index contributed by atoms with van der Waals surface area (Å²) >= 11 is 1.90. The molecule has 3 rings (SSSR count). The number of aliphatic hydroxyl groups excluding tert-OH is 1. The van der Waals surface area contributed by atoms with Crippen molar-refractivity contribution in [3.05, 3.63) is 0 Å². The summed E-state index contributed by atoms with van der Waals surface area (Å²) in [5.74, 6) is 0.595. The van der Waals surface area contributed by atoms with Crippen LogP contribution in [0, 0.1) is 5.41 Å². The van der Waals surface area contributed by atoms with Crippen molar-refractivity contribution < 1.29 is 28.9 Å². The summed E-state index contributed by atoms with van der Waals surface area (Å²) in [4.78, 5) is 28.1. The number of carbonyl (C=O) groups is 2. The Morgan fingerprint density at radius 2 is 1.85 bits per heavy atom. The van der Waals surface area contributed by atoms with E-state index in [1.54, 1.807) is 21.0 Å². The first kappa shape index (κ1) is 36.4. The fourth-order valence-corrected chi connectivity index (χ4v) is 6.53. The van der Waals surface area contributed by atoms with Crippen LogP contribution in [0.25, 0.3) is 0 Å². The van der Waals surface area contributed by atoms with Gasteiger partial charge in [0.15, 0.2) is 6.29 Å². The van der Waals surface area contributed by atoms with E-state index in [1.807, 2.05) is 18.9 Å². The lowest BCUT2D eigenvalue weighted by atomic mass is 9.84. The number of aliphatic hydroxyl groups is 1. The SMILES string of the molecule is CC1CC(N)CC(O)O1.COC1CCCN(C)C2(CCN(SCCNC(C)C)CC2)COC(=O)C(C)(C)C(=O)CC1. The van der Waals surface area contributed by atoms with Gasteiger partial charge in [0.25, 0.3) is 0 Å². The van der Waals surface area contributed by atoms with Crippen molar-refractivity contribution in [2.75, 3.05) is 52.7 Å². The third kappa shape index (κ3) is 12.0. The molecule has 4 N–H and O–H groups in total. The number of nitrogens with zero attached hydrogens (tertiary/aromatic N) is 2. The Labute approximate surface area is 252 Å². The molecule has 240 valence electrons. The van der Waals surface area contributed by atoms with E-state index in [2.05, 4.69) is 35.4 Å². The zero-order valence-corrected chi connectivity index (χ0v) is 27.5. The Balaban J connectivity index is 0.000000553. The number of piperidine rings is 1. The van der Waals surface area contributed by atoms with Crippen molar-refractivity contribution in [2.45, 2.75) is 122 Å². The van der Waals surface area contributed by atoms with E-state index in [9.17, 15) is 9.59 Å². The largest absolute Gasteiger partial charge is 0.463 e. The average Bonchev–Trinajstić information content (AvgIpc) is 2.91. The molecule has 41 heavy (non-hydrogen) atoms. The van der Waals surface area contributed by atoms with E-state index in [1.165, 1.54) is 0 Å². The van der Waals surface area contributed by atoms with Gasteiger partial charge in [-0.1, -0.05) is 25.8 Å². The molecule has 1 spiro atoms. The van der Waals surface area contributed by atoms with Gasteiger partial charge >= 0.3 is 5.97 Å². The molecule has 11 heteroatoms. The molecule has 3 fully saturated rings. The first-order valence-electron chi connectivity index (χ1n) is 15.4. The summed E-state index contributed by atoms with van der Waals surface area (Å²) in [6.45, 7) is 13.9. The predicted molar refractivity (Wildman–Crippen MR) is 165 cm³/mol. The Hall–Kier alpha value is -0.790. The Bertz CT molecular complexity index is 768. The molecule has 10 nitrogen and oxygen atoms in total. The highest BCUT2D eigenvalue weighted by atomic mass is 32.2. The number of rotatable bonds is 6. The van der Waals surface area contributed by atoms with Crippen molar-refractivity contribution >= 4 is 23.7 Å². The van der Waals surface area contributed by atoms with Gasteiger partial charge in [0.1, 0.15) is 17.8 Å². The second kappa shape index (κ2) is 17.5. The van der Waals surface area contributed by atoms with Crippen molar-refractivity contribution in [1.82, 2.24) is 14.5 Å². The zero-order chi connectivity index (χ0) is 30.6. The van der Waals surface area contributed by atoms with E-state index in [4.69, 9.17) is 25.1 Å². The molecule has 0 aromatic heterocycles. The second-order valence-electron chi connectivity index (χ2n) is 12.8. The van der Waals surface area contributed by atoms with Crippen LogP contribution >= 0.6 is 11.9 Å². The highest BCUT2D eigenvalue weighted by molar-refractivity contribution is 7.97. The standard InChI is InChI=1S/C24H45N3O4S.C6H13NO2/c1-19(2)25-13-17-32-27-15-11-24(12-16-27)18-31-22(29)23(3,4)21(28)10-9-20(30-6)8-7-14-26(24)5;1-4-2-5(7)3-6(8)9-4/h19-20,25H,7-18H2,1-6H3;4-6,8H,2-3,7H2,1H3. The molecule has 0 bridgehead atoms. The van der Waals surface area contributed by atoms with Crippen LogP contribution in [0.1, 0.15) is 86.0 Å². The summed E-state index contributed by atoms with van der Waals surface area (Å²) in [7, 11) is 3.86. The minimum absolute atomic E-state index is 0.0496. The fraction of sp³-hybridized carbons (Fsp3) is 0.933. The molecule has 3 heterocycles. The third-order valence-corrected chi connectivity index (χ3v) is 9.76. The second-order valence-corrected chi connectivity index (χ2v) is 14.0. The van der Waals surface area contributed by atoms with E-state index in [-0.39, 0.29) is 29.6 Å².